The molecule has 0 aliphatic heterocycles. The molecule has 0 fully saturated rings. The highest BCUT2D eigenvalue weighted by Gasteiger charge is 2.08. The molecule has 1 aromatic carbocycles. The standard InChI is InChI=1S/C16H23N5O/c1-11-5-7-14(8-6-11)12(2)9-18-16(17-4)19-10-15-20-13(3)21-22-15/h5-8,12H,9-10H2,1-4H3,(H2,17,18,19). The molecule has 0 radical (unpaired) electrons. The number of nitrogens with zero attached hydrogens (tertiary/aromatic N) is 3. The minimum absolute atomic E-state index is 0.393. The van der Waals surface area contributed by atoms with E-state index in [1.54, 1.807) is 14.0 Å². The van der Waals surface area contributed by atoms with Crippen LogP contribution in [-0.2, 0) is 6.54 Å². The Kier molecular flexibility index (Phi) is 5.52. The number of benzene rings is 1. The van der Waals surface area contributed by atoms with Crippen molar-refractivity contribution in [2.24, 2.45) is 4.99 Å². The molecule has 118 valence electrons. The maximum absolute atomic E-state index is 5.06. The fourth-order valence-electron chi connectivity index (χ4n) is 2.05. The molecule has 0 aliphatic rings. The van der Waals surface area contributed by atoms with E-state index in [1.807, 2.05) is 0 Å². The Labute approximate surface area is 131 Å². The summed E-state index contributed by atoms with van der Waals surface area (Å²) in [5.41, 5.74) is 2.58. The van der Waals surface area contributed by atoms with E-state index in [-0.39, 0.29) is 0 Å². The van der Waals surface area contributed by atoms with Crippen LogP contribution in [0.1, 0.15) is 35.7 Å². The molecule has 0 spiro atoms. The highest BCUT2D eigenvalue weighted by atomic mass is 16.5. The lowest BCUT2D eigenvalue weighted by Gasteiger charge is -2.16. The first kappa shape index (κ1) is 16.0. The number of hydrogen-bond acceptors (Lipinski definition) is 4. The van der Waals surface area contributed by atoms with Crippen LogP contribution < -0.4 is 10.6 Å². The second-order valence-electron chi connectivity index (χ2n) is 5.35. The van der Waals surface area contributed by atoms with Gasteiger partial charge in [-0.15, -0.1) is 0 Å². The molecule has 1 aromatic heterocycles. The van der Waals surface area contributed by atoms with Crippen molar-refractivity contribution in [3.63, 3.8) is 0 Å². The lowest BCUT2D eigenvalue weighted by molar-refractivity contribution is 0.371. The minimum atomic E-state index is 0.393. The van der Waals surface area contributed by atoms with Gasteiger partial charge in [0.2, 0.25) is 5.89 Å². The van der Waals surface area contributed by atoms with Crippen molar-refractivity contribution in [3.8, 4) is 0 Å². The maximum Gasteiger partial charge on any atom is 0.246 e. The number of nitrogens with one attached hydrogen (secondary N) is 2. The molecule has 2 N–H and O–H groups in total. The fraction of sp³-hybridized carbons (Fsp3) is 0.438. The average molecular weight is 301 g/mol. The van der Waals surface area contributed by atoms with Gasteiger partial charge in [0, 0.05) is 13.6 Å². The summed E-state index contributed by atoms with van der Waals surface area (Å²) in [7, 11) is 1.74. The normalized spacial score (nSPS) is 13.0. The molecule has 6 heteroatoms. The van der Waals surface area contributed by atoms with Crippen LogP contribution in [0.4, 0.5) is 0 Å². The first-order valence-electron chi connectivity index (χ1n) is 7.38. The van der Waals surface area contributed by atoms with E-state index in [0.29, 0.717) is 24.2 Å². The first-order chi connectivity index (χ1) is 10.6. The molecule has 22 heavy (non-hydrogen) atoms. The fourth-order valence-corrected chi connectivity index (χ4v) is 2.05. The van der Waals surface area contributed by atoms with Gasteiger partial charge in [-0.05, 0) is 25.3 Å². The van der Waals surface area contributed by atoms with Crippen LogP contribution in [-0.4, -0.2) is 29.7 Å². The van der Waals surface area contributed by atoms with Gasteiger partial charge in [-0.25, -0.2) is 0 Å². The maximum atomic E-state index is 5.06. The number of aromatic nitrogens is 2. The zero-order chi connectivity index (χ0) is 15.9. The summed E-state index contributed by atoms with van der Waals surface area (Å²) in [5, 5.41) is 10.2. The van der Waals surface area contributed by atoms with Gasteiger partial charge in [-0.2, -0.15) is 4.98 Å². The first-order valence-corrected chi connectivity index (χ1v) is 7.38. The predicted octanol–water partition coefficient (Wildman–Crippen LogP) is 2.16. The van der Waals surface area contributed by atoms with Crippen LogP contribution in [0.3, 0.4) is 0 Å². The van der Waals surface area contributed by atoms with Gasteiger partial charge in [-0.1, -0.05) is 41.9 Å². The third-order valence-electron chi connectivity index (χ3n) is 3.42. The van der Waals surface area contributed by atoms with E-state index < -0.39 is 0 Å². The molecule has 1 heterocycles. The Hall–Kier alpha value is -2.37. The van der Waals surface area contributed by atoms with Gasteiger partial charge in [0.05, 0.1) is 6.54 Å². The highest BCUT2D eigenvalue weighted by Crippen LogP contribution is 2.14. The predicted molar refractivity (Wildman–Crippen MR) is 86.8 cm³/mol. The van der Waals surface area contributed by atoms with Gasteiger partial charge in [0.15, 0.2) is 11.8 Å². The SMILES string of the molecule is CN=C(NCc1nc(C)no1)NCC(C)c1ccc(C)cc1. The summed E-state index contributed by atoms with van der Waals surface area (Å²) in [4.78, 5) is 8.34. The van der Waals surface area contributed by atoms with Gasteiger partial charge < -0.3 is 15.2 Å². The van der Waals surface area contributed by atoms with Crippen molar-refractivity contribution in [2.75, 3.05) is 13.6 Å². The van der Waals surface area contributed by atoms with E-state index in [4.69, 9.17) is 4.52 Å². The van der Waals surface area contributed by atoms with Crippen LogP contribution in [0, 0.1) is 13.8 Å². The Morgan fingerprint density at radius 3 is 2.55 bits per heavy atom. The molecule has 0 saturated carbocycles. The van der Waals surface area contributed by atoms with Gasteiger partial charge in [0.25, 0.3) is 0 Å². The van der Waals surface area contributed by atoms with Crippen LogP contribution in [0.15, 0.2) is 33.8 Å². The van der Waals surface area contributed by atoms with Gasteiger partial charge in [0.1, 0.15) is 0 Å². The lowest BCUT2D eigenvalue weighted by Crippen LogP contribution is -2.38. The van der Waals surface area contributed by atoms with E-state index in [0.717, 1.165) is 12.5 Å². The van der Waals surface area contributed by atoms with Crippen molar-refractivity contribution in [1.82, 2.24) is 20.8 Å². The number of aliphatic imine (C=N–C) groups is 1. The Balaban J connectivity index is 1.81. The molecule has 0 aliphatic carbocycles. The third kappa shape index (κ3) is 4.58. The van der Waals surface area contributed by atoms with Gasteiger partial charge >= 0.3 is 0 Å². The molecule has 1 unspecified atom stereocenters. The van der Waals surface area contributed by atoms with Crippen LogP contribution in [0.2, 0.25) is 0 Å². The van der Waals surface area contributed by atoms with Crippen molar-refractivity contribution < 1.29 is 4.52 Å². The van der Waals surface area contributed by atoms with Crippen LogP contribution >= 0.6 is 0 Å². The molecule has 0 amide bonds. The zero-order valence-corrected chi connectivity index (χ0v) is 13.6. The summed E-state index contributed by atoms with van der Waals surface area (Å²) < 4.78 is 5.06. The molecule has 2 rings (SSSR count). The van der Waals surface area contributed by atoms with E-state index in [2.05, 4.69) is 63.9 Å². The van der Waals surface area contributed by atoms with E-state index in [9.17, 15) is 0 Å². The largest absolute Gasteiger partial charge is 0.356 e. The molecular weight excluding hydrogens is 278 g/mol. The summed E-state index contributed by atoms with van der Waals surface area (Å²) in [6, 6.07) is 8.60. The molecule has 1 atom stereocenters. The summed E-state index contributed by atoms with van der Waals surface area (Å²) in [6.45, 7) is 7.33. The second-order valence-corrected chi connectivity index (χ2v) is 5.35. The second kappa shape index (κ2) is 7.59. The molecule has 0 saturated heterocycles. The Bertz CT molecular complexity index is 618. The number of guanidine groups is 1. The summed E-state index contributed by atoms with van der Waals surface area (Å²) in [5.74, 6) is 2.29. The van der Waals surface area contributed by atoms with Crippen LogP contribution in [0.5, 0.6) is 0 Å². The summed E-state index contributed by atoms with van der Waals surface area (Å²) in [6.07, 6.45) is 0. The average Bonchev–Trinajstić information content (AvgIpc) is 2.93. The molecular formula is C16H23N5O. The number of hydrogen-bond donors (Lipinski definition) is 2. The topological polar surface area (TPSA) is 75.3 Å². The summed E-state index contributed by atoms with van der Waals surface area (Å²) >= 11 is 0. The van der Waals surface area contributed by atoms with Crippen molar-refractivity contribution in [2.45, 2.75) is 33.2 Å². The van der Waals surface area contributed by atoms with E-state index in [1.165, 1.54) is 11.1 Å². The monoisotopic (exact) mass is 301 g/mol. The zero-order valence-electron chi connectivity index (χ0n) is 13.6. The van der Waals surface area contributed by atoms with Crippen molar-refractivity contribution >= 4 is 5.96 Å². The number of aryl methyl sites for hydroxylation is 2. The Morgan fingerprint density at radius 2 is 1.95 bits per heavy atom. The molecule has 2 aromatic rings. The van der Waals surface area contributed by atoms with E-state index >= 15 is 0 Å². The highest BCUT2D eigenvalue weighted by molar-refractivity contribution is 5.79. The minimum Gasteiger partial charge on any atom is -0.356 e. The Morgan fingerprint density at radius 1 is 1.23 bits per heavy atom. The number of rotatable bonds is 5. The quantitative estimate of drug-likeness (QED) is 0.654. The molecule has 0 bridgehead atoms. The van der Waals surface area contributed by atoms with Crippen molar-refractivity contribution in [1.29, 1.82) is 0 Å². The van der Waals surface area contributed by atoms with Crippen molar-refractivity contribution in [3.05, 3.63) is 47.1 Å². The lowest BCUT2D eigenvalue weighted by atomic mass is 10.0. The molecule has 6 nitrogen and oxygen atoms in total. The van der Waals surface area contributed by atoms with Gasteiger partial charge in [-0.3, -0.25) is 4.99 Å². The van der Waals surface area contributed by atoms with Crippen LogP contribution in [0.25, 0.3) is 0 Å². The smallest absolute Gasteiger partial charge is 0.246 e. The third-order valence-corrected chi connectivity index (χ3v) is 3.42.